The van der Waals surface area contributed by atoms with Gasteiger partial charge in [0.25, 0.3) is 0 Å². The number of rotatable bonds is 4. The van der Waals surface area contributed by atoms with Crippen LogP contribution in [0.4, 0.5) is 0 Å². The van der Waals surface area contributed by atoms with E-state index in [4.69, 9.17) is 9.72 Å². The fraction of sp³-hybridized carbons (Fsp3) is 0. The molecule has 0 radical (unpaired) electrons. The van der Waals surface area contributed by atoms with Crippen molar-refractivity contribution >= 4 is 49.1 Å². The number of para-hydroxylation sites is 2. The fourth-order valence-corrected chi connectivity index (χ4v) is 6.25. The van der Waals surface area contributed by atoms with Gasteiger partial charge < -0.3 is 13.7 Å². The van der Waals surface area contributed by atoms with Gasteiger partial charge in [-0.3, -0.25) is 4.98 Å². The number of pyridine rings is 2. The van der Waals surface area contributed by atoms with Gasteiger partial charge in [-0.25, -0.2) is 4.98 Å². The largest absolute Gasteiger partial charge is 2.00 e. The first-order chi connectivity index (χ1) is 21.3. The van der Waals surface area contributed by atoms with E-state index in [0.717, 1.165) is 60.5 Å². The molecular formula is C38H22N4OPt. The summed E-state index contributed by atoms with van der Waals surface area (Å²) in [6.45, 7) is 0. The Labute approximate surface area is 267 Å². The zero-order valence-corrected chi connectivity index (χ0v) is 25.5. The van der Waals surface area contributed by atoms with Crippen LogP contribution in [0.5, 0.6) is 11.5 Å². The zero-order chi connectivity index (χ0) is 28.3. The van der Waals surface area contributed by atoms with Crippen molar-refractivity contribution in [2.24, 2.45) is 0 Å². The number of nitrogens with zero attached hydrogens (tertiary/aromatic N) is 4. The SMILES string of the molecule is [Pt+2].[c-]1c(Oc2[c-]c3c(cc2)c2ccccc2n3-c2ccccn2)ccc2c1c1nccn1c1c(-c3ccccc3)cccc21. The number of benzene rings is 5. The molecule has 5 nitrogen and oxygen atoms in total. The van der Waals surface area contributed by atoms with E-state index in [1.165, 1.54) is 5.56 Å². The van der Waals surface area contributed by atoms with Gasteiger partial charge in [0.1, 0.15) is 5.82 Å². The molecule has 5 aromatic carbocycles. The minimum Gasteiger partial charge on any atom is -0.503 e. The Morgan fingerprint density at radius 3 is 2.23 bits per heavy atom. The molecule has 44 heavy (non-hydrogen) atoms. The Morgan fingerprint density at radius 2 is 1.36 bits per heavy atom. The van der Waals surface area contributed by atoms with E-state index in [2.05, 4.69) is 98.9 Å². The second kappa shape index (κ2) is 10.5. The second-order valence-corrected chi connectivity index (χ2v) is 10.5. The van der Waals surface area contributed by atoms with Gasteiger partial charge in [0.05, 0.1) is 5.65 Å². The average molecular weight is 746 g/mol. The van der Waals surface area contributed by atoms with Gasteiger partial charge in [0.15, 0.2) is 0 Å². The molecular weight excluding hydrogens is 724 g/mol. The molecule has 6 heteroatoms. The van der Waals surface area contributed by atoms with Crippen molar-refractivity contribution in [3.63, 3.8) is 0 Å². The maximum atomic E-state index is 6.43. The van der Waals surface area contributed by atoms with Crippen LogP contribution in [0.15, 0.2) is 134 Å². The summed E-state index contributed by atoms with van der Waals surface area (Å²) < 4.78 is 10.7. The van der Waals surface area contributed by atoms with Crippen LogP contribution < -0.4 is 4.74 Å². The summed E-state index contributed by atoms with van der Waals surface area (Å²) in [6, 6.07) is 46.4. The Hall–Kier alpha value is -5.25. The van der Waals surface area contributed by atoms with Crippen molar-refractivity contribution in [1.82, 2.24) is 18.9 Å². The molecule has 0 unspecified atom stereocenters. The van der Waals surface area contributed by atoms with Crippen molar-refractivity contribution in [3.05, 3.63) is 146 Å². The smallest absolute Gasteiger partial charge is 0.503 e. The van der Waals surface area contributed by atoms with Crippen LogP contribution in [-0.4, -0.2) is 18.9 Å². The van der Waals surface area contributed by atoms with Crippen LogP contribution in [0.3, 0.4) is 0 Å². The summed E-state index contributed by atoms with van der Waals surface area (Å²) >= 11 is 0. The van der Waals surface area contributed by atoms with E-state index in [1.54, 1.807) is 0 Å². The summed E-state index contributed by atoms with van der Waals surface area (Å²) in [5, 5.41) is 5.36. The minimum atomic E-state index is 0. The van der Waals surface area contributed by atoms with E-state index in [0.29, 0.717) is 11.5 Å². The summed E-state index contributed by atoms with van der Waals surface area (Å²) in [7, 11) is 0. The number of aromatic nitrogens is 4. The molecule has 0 fully saturated rings. The molecule has 4 heterocycles. The van der Waals surface area contributed by atoms with E-state index < -0.39 is 0 Å². The maximum absolute atomic E-state index is 6.43. The molecule has 0 saturated carbocycles. The number of imidazole rings is 1. The Bertz CT molecular complexity index is 2480. The van der Waals surface area contributed by atoms with Gasteiger partial charge in [-0.1, -0.05) is 95.2 Å². The molecule has 9 aromatic rings. The third kappa shape index (κ3) is 4.05. The van der Waals surface area contributed by atoms with Crippen molar-refractivity contribution < 1.29 is 25.8 Å². The predicted molar refractivity (Wildman–Crippen MR) is 172 cm³/mol. The number of hydrogen-bond donors (Lipinski definition) is 0. The van der Waals surface area contributed by atoms with Crippen LogP contribution in [0.25, 0.3) is 66.1 Å². The van der Waals surface area contributed by atoms with Crippen molar-refractivity contribution in [3.8, 4) is 28.4 Å². The first-order valence-corrected chi connectivity index (χ1v) is 14.2. The summed E-state index contributed by atoms with van der Waals surface area (Å²) in [5.74, 6) is 2.05. The van der Waals surface area contributed by atoms with Gasteiger partial charge in [-0.15, -0.1) is 29.7 Å². The first-order valence-electron chi connectivity index (χ1n) is 14.2. The molecule has 0 aliphatic rings. The molecule has 4 aromatic heterocycles. The molecule has 0 aliphatic heterocycles. The number of fused-ring (bicyclic) bond motifs is 9. The quantitative estimate of drug-likeness (QED) is 0.133. The standard InChI is InChI=1S/C38H22N4O.Pt/c1-2-9-25(10-3-1)28-12-8-13-32-29-18-16-26(23-33(29)38-40-21-22-41(38)37(28)32)43-27-17-19-31-30-11-4-5-14-34(30)42(35(31)24-27)36-15-6-7-20-39-36;/h1-22H;/q-2;+2. The van der Waals surface area contributed by atoms with Crippen molar-refractivity contribution in [1.29, 1.82) is 0 Å². The van der Waals surface area contributed by atoms with Gasteiger partial charge in [0.2, 0.25) is 0 Å². The van der Waals surface area contributed by atoms with Crippen LogP contribution in [-0.2, 0) is 21.1 Å². The fourth-order valence-electron chi connectivity index (χ4n) is 6.25. The summed E-state index contributed by atoms with van der Waals surface area (Å²) in [5.41, 5.74) is 6.27. The van der Waals surface area contributed by atoms with E-state index in [9.17, 15) is 0 Å². The molecule has 9 rings (SSSR count). The van der Waals surface area contributed by atoms with Gasteiger partial charge >= 0.3 is 21.1 Å². The summed E-state index contributed by atoms with van der Waals surface area (Å²) in [4.78, 5) is 9.38. The molecule has 0 atom stereocenters. The van der Waals surface area contributed by atoms with Crippen LogP contribution >= 0.6 is 0 Å². The number of hydrogen-bond acceptors (Lipinski definition) is 3. The molecule has 0 amide bonds. The van der Waals surface area contributed by atoms with Gasteiger partial charge in [-0.05, 0) is 34.5 Å². The van der Waals surface area contributed by atoms with Crippen LogP contribution in [0.2, 0.25) is 0 Å². The normalized spacial score (nSPS) is 11.5. The van der Waals surface area contributed by atoms with Crippen LogP contribution in [0.1, 0.15) is 0 Å². The zero-order valence-electron chi connectivity index (χ0n) is 23.2. The molecule has 0 saturated heterocycles. The third-order valence-corrected chi connectivity index (χ3v) is 8.09. The third-order valence-electron chi connectivity index (χ3n) is 8.09. The van der Waals surface area contributed by atoms with E-state index in [-0.39, 0.29) is 21.1 Å². The topological polar surface area (TPSA) is 44.3 Å². The minimum absolute atomic E-state index is 0. The van der Waals surface area contributed by atoms with Crippen molar-refractivity contribution in [2.75, 3.05) is 0 Å². The average Bonchev–Trinajstić information content (AvgIpc) is 3.69. The molecule has 0 bridgehead atoms. The summed E-state index contributed by atoms with van der Waals surface area (Å²) in [6.07, 6.45) is 5.67. The van der Waals surface area contributed by atoms with Crippen LogP contribution in [0, 0.1) is 12.1 Å². The van der Waals surface area contributed by atoms with E-state index in [1.807, 2.05) is 61.1 Å². The van der Waals surface area contributed by atoms with Gasteiger partial charge in [0, 0.05) is 46.7 Å². The predicted octanol–water partition coefficient (Wildman–Crippen LogP) is 9.19. The first kappa shape index (κ1) is 26.4. The van der Waals surface area contributed by atoms with Crippen molar-refractivity contribution in [2.45, 2.75) is 0 Å². The Morgan fingerprint density at radius 1 is 0.591 bits per heavy atom. The maximum Gasteiger partial charge on any atom is 2.00 e. The molecule has 210 valence electrons. The monoisotopic (exact) mass is 745 g/mol. The molecule has 0 aliphatic carbocycles. The molecule has 0 N–H and O–H groups in total. The Balaban J connectivity index is 0.00000289. The number of ether oxygens (including phenoxy) is 1. The van der Waals surface area contributed by atoms with Gasteiger partial charge in [-0.2, -0.15) is 6.07 Å². The Kier molecular flexibility index (Phi) is 6.28. The second-order valence-electron chi connectivity index (χ2n) is 10.5. The van der Waals surface area contributed by atoms with E-state index >= 15 is 0 Å². The molecule has 0 spiro atoms.